The average molecular weight is 542 g/mol. The maximum absolute atomic E-state index is 12.9. The lowest BCUT2D eigenvalue weighted by Crippen LogP contribution is -2.71. The third-order valence-electron chi connectivity index (χ3n) is 5.35. The van der Waals surface area contributed by atoms with Crippen LogP contribution in [0.5, 0.6) is 0 Å². The van der Waals surface area contributed by atoms with Gasteiger partial charge in [0, 0.05) is 34.7 Å². The lowest BCUT2D eigenvalue weighted by atomic mass is 10.0. The highest BCUT2D eigenvalue weighted by molar-refractivity contribution is 8.01. The zero-order valence-electron chi connectivity index (χ0n) is 18.3. The zero-order valence-corrected chi connectivity index (χ0v) is 21.6. The first kappa shape index (κ1) is 25.1. The Bertz CT molecular complexity index is 1100. The molecule has 2 aromatic heterocycles. The number of aromatic amines is 1. The molecule has 14 heteroatoms. The van der Waals surface area contributed by atoms with Crippen LogP contribution >= 0.6 is 34.9 Å². The van der Waals surface area contributed by atoms with E-state index in [2.05, 4.69) is 20.5 Å². The number of H-pyrrole nitrogens is 1. The molecule has 10 nitrogen and oxygen atoms in total. The minimum absolute atomic E-state index is 0.0352. The van der Waals surface area contributed by atoms with Crippen LogP contribution in [0.2, 0.25) is 0 Å². The van der Waals surface area contributed by atoms with E-state index in [-0.39, 0.29) is 16.7 Å². The van der Waals surface area contributed by atoms with Gasteiger partial charge in [0.15, 0.2) is 5.75 Å². The minimum atomic E-state index is -1.49. The summed E-state index contributed by atoms with van der Waals surface area (Å²) in [6.45, 7) is 3.91. The first-order valence-electron chi connectivity index (χ1n) is 10.5. The summed E-state index contributed by atoms with van der Waals surface area (Å²) >= 11 is 2.59. The third-order valence-corrected chi connectivity index (χ3v) is 10.6. The van der Waals surface area contributed by atoms with Crippen molar-refractivity contribution < 1.29 is 24.0 Å². The standard InChI is InChI=1S/C20H23N5O5S4/c1-3-11(33-20-21-12(4-2)23-24-20)10-8-32-18-15(17(27)25(18)16(10)19(28)29)22-13(26)9-34(30)14-6-5-7-31-14/h5-7,11,15,18H,3-4,8-9H2,1-2H3,(H,22,26)(H,28,29)(H,21,23,24)/t11?,15?,18-,34?/m0/s1. The van der Waals surface area contributed by atoms with Gasteiger partial charge in [0.1, 0.15) is 22.9 Å². The molecule has 0 spiro atoms. The van der Waals surface area contributed by atoms with Crippen LogP contribution in [0.25, 0.3) is 0 Å². The molecule has 0 bridgehead atoms. The Morgan fingerprint density at radius 3 is 2.88 bits per heavy atom. The molecule has 0 aliphatic carbocycles. The Morgan fingerprint density at radius 2 is 2.26 bits per heavy atom. The van der Waals surface area contributed by atoms with E-state index < -0.39 is 40.4 Å². The summed E-state index contributed by atoms with van der Waals surface area (Å²) < 4.78 is 12.9. The second-order valence-corrected chi connectivity index (χ2v) is 12.4. The number of thiophene rings is 1. The molecule has 1 fully saturated rings. The number of β-lactam (4-membered cyclic amide) rings is 1. The van der Waals surface area contributed by atoms with Gasteiger partial charge in [0.2, 0.25) is 9.37 Å². The number of hydrogen-bond acceptors (Lipinski definition) is 9. The number of nitrogens with one attached hydrogen (secondary N) is 2. The van der Waals surface area contributed by atoms with Crippen molar-refractivity contribution in [3.63, 3.8) is 0 Å². The van der Waals surface area contributed by atoms with E-state index in [9.17, 15) is 24.0 Å². The van der Waals surface area contributed by atoms with E-state index in [0.717, 1.165) is 5.82 Å². The highest BCUT2D eigenvalue weighted by Gasteiger charge is 2.55. The summed E-state index contributed by atoms with van der Waals surface area (Å²) in [4.78, 5) is 43.2. The topological polar surface area (TPSA) is 151 Å². The number of carboxylic acids is 1. The summed E-state index contributed by atoms with van der Waals surface area (Å²) in [5, 5.41) is 21.2. The van der Waals surface area contributed by atoms with Crippen LogP contribution in [0.15, 0.2) is 38.1 Å². The summed E-state index contributed by atoms with van der Waals surface area (Å²) in [5.41, 5.74) is 0.605. The number of nitrogens with zero attached hydrogens (tertiary/aromatic N) is 3. The summed E-state index contributed by atoms with van der Waals surface area (Å²) in [6.07, 6.45) is 1.34. The van der Waals surface area contributed by atoms with E-state index in [4.69, 9.17) is 0 Å². The highest BCUT2D eigenvalue weighted by Crippen LogP contribution is 2.44. The third kappa shape index (κ3) is 5.00. The van der Waals surface area contributed by atoms with Crippen LogP contribution < -0.4 is 5.32 Å². The van der Waals surface area contributed by atoms with Crippen LogP contribution in [0.1, 0.15) is 26.1 Å². The maximum atomic E-state index is 12.9. The molecule has 3 N–H and O–H groups in total. The van der Waals surface area contributed by atoms with Crippen LogP contribution in [0.3, 0.4) is 0 Å². The van der Waals surface area contributed by atoms with Gasteiger partial charge >= 0.3 is 5.97 Å². The van der Waals surface area contributed by atoms with Gasteiger partial charge in [-0.3, -0.25) is 19.6 Å². The Hall–Kier alpha value is -2.00. The number of carbonyl (C=O) groups is 3. The molecule has 0 saturated carbocycles. The van der Waals surface area contributed by atoms with Gasteiger partial charge in [0.05, 0.1) is 0 Å². The first-order valence-corrected chi connectivity index (χ1v) is 14.7. The number of fused-ring (bicyclic) bond motifs is 1. The van der Waals surface area contributed by atoms with Crippen molar-refractivity contribution >= 4 is 63.8 Å². The number of hydrogen-bond donors (Lipinski definition) is 3. The lowest BCUT2D eigenvalue weighted by Gasteiger charge is -2.50. The number of rotatable bonds is 10. The molecule has 3 unspecified atom stereocenters. The van der Waals surface area contributed by atoms with Crippen molar-refractivity contribution in [1.82, 2.24) is 25.4 Å². The lowest BCUT2D eigenvalue weighted by molar-refractivity contribution is -0.150. The van der Waals surface area contributed by atoms with Gasteiger partial charge in [-0.15, -0.1) is 16.9 Å². The Kier molecular flexibility index (Phi) is 7.92. The molecule has 0 aromatic carbocycles. The zero-order chi connectivity index (χ0) is 24.4. The SMILES string of the molecule is CCc1nc(SC(CC)C2=C(C(=O)O)N3C(=O)C(NC(=O)C[S+]([O-])c4cccs4)[C@@H]3SC2)n[nH]1. The van der Waals surface area contributed by atoms with Gasteiger partial charge in [-0.2, -0.15) is 0 Å². The molecule has 2 aliphatic rings. The molecule has 4 rings (SSSR count). The number of thioether (sulfide) groups is 2. The van der Waals surface area contributed by atoms with Gasteiger partial charge in [-0.25, -0.2) is 9.78 Å². The number of aliphatic carboxylic acids is 1. The van der Waals surface area contributed by atoms with Crippen molar-refractivity contribution in [3.05, 3.63) is 34.6 Å². The number of amides is 2. The second-order valence-electron chi connectivity index (χ2n) is 7.49. The summed E-state index contributed by atoms with van der Waals surface area (Å²) in [5.74, 6) is -1.26. The van der Waals surface area contributed by atoms with Crippen molar-refractivity contribution in [3.8, 4) is 0 Å². The van der Waals surface area contributed by atoms with Gasteiger partial charge < -0.3 is 15.0 Å². The molecule has 2 amide bonds. The normalized spacial score (nSPS) is 21.6. The number of carboxylic acid groups (broad SMARTS) is 1. The fraction of sp³-hybridized carbons (Fsp3) is 0.450. The first-order chi connectivity index (χ1) is 16.3. The molecule has 2 aromatic rings. The van der Waals surface area contributed by atoms with Crippen molar-refractivity contribution in [1.29, 1.82) is 0 Å². The predicted octanol–water partition coefficient (Wildman–Crippen LogP) is 1.85. The predicted molar refractivity (Wildman–Crippen MR) is 131 cm³/mol. The van der Waals surface area contributed by atoms with Crippen molar-refractivity contribution in [2.75, 3.05) is 11.5 Å². The molecule has 34 heavy (non-hydrogen) atoms. The Morgan fingerprint density at radius 1 is 1.47 bits per heavy atom. The fourth-order valence-electron chi connectivity index (χ4n) is 3.70. The molecule has 0 radical (unpaired) electrons. The fourth-order valence-corrected chi connectivity index (χ4v) is 8.17. The monoisotopic (exact) mass is 541 g/mol. The van der Waals surface area contributed by atoms with E-state index in [1.165, 1.54) is 39.8 Å². The second kappa shape index (κ2) is 10.7. The average Bonchev–Trinajstić information content (AvgIpc) is 3.52. The molecule has 4 atom stereocenters. The van der Waals surface area contributed by atoms with E-state index in [0.29, 0.717) is 33.5 Å². The smallest absolute Gasteiger partial charge is 0.352 e. The summed E-state index contributed by atoms with van der Waals surface area (Å²) in [7, 11) is 0. The molecular formula is C20H23N5O5S4. The van der Waals surface area contributed by atoms with Crippen molar-refractivity contribution in [2.45, 2.75) is 52.7 Å². The van der Waals surface area contributed by atoms with Crippen LogP contribution in [0.4, 0.5) is 0 Å². The largest absolute Gasteiger partial charge is 0.610 e. The molecular weight excluding hydrogens is 519 g/mol. The molecule has 4 heterocycles. The van der Waals surface area contributed by atoms with Crippen molar-refractivity contribution in [2.24, 2.45) is 0 Å². The number of aromatic nitrogens is 3. The Balaban J connectivity index is 1.47. The number of carbonyl (C=O) groups excluding carboxylic acids is 2. The number of aryl methyl sites for hydroxylation is 1. The quantitative estimate of drug-likeness (QED) is 0.232. The minimum Gasteiger partial charge on any atom is -0.610 e. The summed E-state index contributed by atoms with van der Waals surface area (Å²) in [6, 6.07) is 2.60. The highest BCUT2D eigenvalue weighted by atomic mass is 32.2. The molecule has 182 valence electrons. The van der Waals surface area contributed by atoms with Crippen LogP contribution in [-0.4, -0.2) is 75.7 Å². The van der Waals surface area contributed by atoms with Crippen LogP contribution in [-0.2, 0) is 32.0 Å². The maximum Gasteiger partial charge on any atom is 0.352 e. The van der Waals surface area contributed by atoms with E-state index >= 15 is 0 Å². The van der Waals surface area contributed by atoms with Gasteiger partial charge in [0.25, 0.3) is 11.8 Å². The Labute approximate surface area is 211 Å². The molecule has 2 aliphatic heterocycles. The molecule has 1 saturated heterocycles. The van der Waals surface area contributed by atoms with Gasteiger partial charge in [-0.05, 0) is 23.4 Å². The van der Waals surface area contributed by atoms with Crippen LogP contribution in [0, 0.1) is 0 Å². The van der Waals surface area contributed by atoms with Gasteiger partial charge in [-0.1, -0.05) is 36.9 Å². The van der Waals surface area contributed by atoms with E-state index in [1.807, 2.05) is 13.8 Å². The van der Waals surface area contributed by atoms with E-state index in [1.54, 1.807) is 17.5 Å².